The van der Waals surface area contributed by atoms with Crippen LogP contribution in [-0.4, -0.2) is 6.54 Å². The molecule has 1 heterocycles. The molecule has 1 N–H and O–H groups in total. The van der Waals surface area contributed by atoms with Crippen LogP contribution in [0.4, 0.5) is 0 Å². The molecule has 1 fully saturated rings. The van der Waals surface area contributed by atoms with Crippen molar-refractivity contribution >= 4 is 11.3 Å². The fourth-order valence-corrected chi connectivity index (χ4v) is 3.20. The van der Waals surface area contributed by atoms with Crippen LogP contribution in [0.2, 0.25) is 0 Å². The summed E-state index contributed by atoms with van der Waals surface area (Å²) in [6, 6.07) is 3.02. The fourth-order valence-electron chi connectivity index (χ4n) is 1.98. The van der Waals surface area contributed by atoms with Crippen LogP contribution in [0.25, 0.3) is 0 Å². The third kappa shape index (κ3) is 2.61. The van der Waals surface area contributed by atoms with Gasteiger partial charge in [0.1, 0.15) is 0 Å². The van der Waals surface area contributed by atoms with E-state index in [1.807, 2.05) is 11.3 Å². The van der Waals surface area contributed by atoms with E-state index >= 15 is 0 Å². The molecule has 1 aromatic heterocycles. The zero-order valence-electron chi connectivity index (χ0n) is 9.97. The van der Waals surface area contributed by atoms with Crippen molar-refractivity contribution in [2.75, 3.05) is 6.54 Å². The van der Waals surface area contributed by atoms with Crippen LogP contribution >= 0.6 is 11.3 Å². The molecule has 0 aromatic carbocycles. The van der Waals surface area contributed by atoms with Crippen LogP contribution in [0.3, 0.4) is 0 Å². The average Bonchev–Trinajstić information content (AvgIpc) is 2.97. The highest BCUT2D eigenvalue weighted by atomic mass is 32.1. The lowest BCUT2D eigenvalue weighted by atomic mass is 10.1. The zero-order chi connectivity index (χ0) is 10.8. The summed E-state index contributed by atoms with van der Waals surface area (Å²) in [5, 5.41) is 3.70. The monoisotopic (exact) mass is 223 g/mol. The molecule has 0 bridgehead atoms. The summed E-state index contributed by atoms with van der Waals surface area (Å²) < 4.78 is 0. The first-order valence-electron chi connectivity index (χ1n) is 6.02. The van der Waals surface area contributed by atoms with E-state index in [9.17, 15) is 0 Å². The highest BCUT2D eigenvalue weighted by Crippen LogP contribution is 2.43. The van der Waals surface area contributed by atoms with Crippen LogP contribution < -0.4 is 5.32 Å². The van der Waals surface area contributed by atoms with Crippen molar-refractivity contribution in [2.45, 2.75) is 46.1 Å². The minimum Gasteiger partial charge on any atom is -0.309 e. The lowest BCUT2D eigenvalue weighted by Crippen LogP contribution is -2.22. The molecular formula is C13H21NS. The van der Waals surface area contributed by atoms with Gasteiger partial charge in [-0.3, -0.25) is 0 Å². The first-order chi connectivity index (χ1) is 7.22. The van der Waals surface area contributed by atoms with Gasteiger partial charge in [-0.1, -0.05) is 6.92 Å². The maximum atomic E-state index is 3.70. The number of aryl methyl sites for hydroxylation is 2. The van der Waals surface area contributed by atoms with Crippen LogP contribution in [-0.2, 0) is 0 Å². The molecule has 0 amide bonds. The molecule has 15 heavy (non-hydrogen) atoms. The molecular weight excluding hydrogens is 202 g/mol. The second-order valence-electron chi connectivity index (χ2n) is 4.66. The largest absolute Gasteiger partial charge is 0.309 e. The topological polar surface area (TPSA) is 12.0 Å². The lowest BCUT2D eigenvalue weighted by Gasteiger charge is -2.16. The number of rotatable bonds is 5. The van der Waals surface area contributed by atoms with Gasteiger partial charge in [0.2, 0.25) is 0 Å². The maximum Gasteiger partial charge on any atom is 0.0443 e. The number of hydrogen-bond donors (Lipinski definition) is 1. The molecule has 0 spiro atoms. The molecule has 0 aliphatic heterocycles. The Morgan fingerprint density at radius 3 is 2.67 bits per heavy atom. The smallest absolute Gasteiger partial charge is 0.0443 e. The van der Waals surface area contributed by atoms with Gasteiger partial charge in [0.15, 0.2) is 0 Å². The van der Waals surface area contributed by atoms with Crippen molar-refractivity contribution in [2.24, 2.45) is 5.92 Å². The molecule has 0 radical (unpaired) electrons. The van der Waals surface area contributed by atoms with E-state index < -0.39 is 0 Å². The van der Waals surface area contributed by atoms with Crippen LogP contribution in [0, 0.1) is 19.8 Å². The van der Waals surface area contributed by atoms with Crippen molar-refractivity contribution < 1.29 is 0 Å². The molecule has 0 saturated heterocycles. The Kier molecular flexibility index (Phi) is 3.47. The average molecular weight is 223 g/mol. The Labute approximate surface area is 96.9 Å². The van der Waals surface area contributed by atoms with Crippen molar-refractivity contribution in [3.05, 3.63) is 21.4 Å². The maximum absolute atomic E-state index is 3.70. The van der Waals surface area contributed by atoms with E-state index in [-0.39, 0.29) is 0 Å². The zero-order valence-corrected chi connectivity index (χ0v) is 10.8. The predicted molar refractivity (Wildman–Crippen MR) is 67.6 cm³/mol. The number of thiophene rings is 1. The van der Waals surface area contributed by atoms with Crippen molar-refractivity contribution in [1.82, 2.24) is 5.32 Å². The first kappa shape index (κ1) is 11.2. The Morgan fingerprint density at radius 2 is 2.20 bits per heavy atom. The van der Waals surface area contributed by atoms with E-state index in [0.717, 1.165) is 12.5 Å². The Morgan fingerprint density at radius 1 is 1.47 bits per heavy atom. The van der Waals surface area contributed by atoms with Crippen LogP contribution in [0.15, 0.2) is 6.07 Å². The van der Waals surface area contributed by atoms with Gasteiger partial charge in [-0.15, -0.1) is 11.3 Å². The summed E-state index contributed by atoms with van der Waals surface area (Å²) in [4.78, 5) is 3.04. The molecule has 1 atom stereocenters. The van der Waals surface area contributed by atoms with Gasteiger partial charge >= 0.3 is 0 Å². The summed E-state index contributed by atoms with van der Waals surface area (Å²) in [7, 11) is 0. The predicted octanol–water partition coefficient (Wildman–Crippen LogP) is 3.82. The van der Waals surface area contributed by atoms with Gasteiger partial charge in [0.05, 0.1) is 0 Å². The highest BCUT2D eigenvalue weighted by molar-refractivity contribution is 7.12. The molecule has 1 nitrogen and oxygen atoms in total. The highest BCUT2D eigenvalue weighted by Gasteiger charge is 2.32. The standard InChI is InChI=1S/C13H21NS/c1-4-7-14-13(11-5-6-11)12-8-9(2)10(3)15-12/h8,11,13-14H,4-7H2,1-3H3. The van der Waals surface area contributed by atoms with Gasteiger partial charge in [-0.05, 0) is 57.2 Å². The molecule has 84 valence electrons. The van der Waals surface area contributed by atoms with E-state index in [1.54, 1.807) is 4.88 Å². The summed E-state index contributed by atoms with van der Waals surface area (Å²) in [5.74, 6) is 0.911. The van der Waals surface area contributed by atoms with E-state index in [4.69, 9.17) is 0 Å². The summed E-state index contributed by atoms with van der Waals surface area (Å²) >= 11 is 1.98. The SMILES string of the molecule is CCCNC(c1cc(C)c(C)s1)C1CC1. The lowest BCUT2D eigenvalue weighted by molar-refractivity contribution is 0.488. The second kappa shape index (κ2) is 4.67. The summed E-state index contributed by atoms with van der Waals surface area (Å²) in [5.41, 5.74) is 1.46. The van der Waals surface area contributed by atoms with Crippen molar-refractivity contribution in [1.29, 1.82) is 0 Å². The number of nitrogens with one attached hydrogen (secondary N) is 1. The molecule has 2 heteroatoms. The number of hydrogen-bond acceptors (Lipinski definition) is 2. The molecule has 1 unspecified atom stereocenters. The van der Waals surface area contributed by atoms with Crippen LogP contribution in [0.5, 0.6) is 0 Å². The minimum absolute atomic E-state index is 0.641. The van der Waals surface area contributed by atoms with Crippen molar-refractivity contribution in [3.63, 3.8) is 0 Å². The van der Waals surface area contributed by atoms with Gasteiger partial charge in [-0.25, -0.2) is 0 Å². The second-order valence-corrected chi connectivity index (χ2v) is 5.95. The summed E-state index contributed by atoms with van der Waals surface area (Å²) in [6.07, 6.45) is 4.06. The third-order valence-corrected chi connectivity index (χ3v) is 4.43. The third-order valence-electron chi connectivity index (χ3n) is 3.20. The van der Waals surface area contributed by atoms with E-state index in [1.165, 1.54) is 29.7 Å². The Balaban J connectivity index is 2.09. The van der Waals surface area contributed by atoms with Crippen molar-refractivity contribution in [3.8, 4) is 0 Å². The summed E-state index contributed by atoms with van der Waals surface area (Å²) in [6.45, 7) is 7.84. The normalized spacial score (nSPS) is 18.1. The molecule has 1 aliphatic carbocycles. The van der Waals surface area contributed by atoms with E-state index in [0.29, 0.717) is 6.04 Å². The van der Waals surface area contributed by atoms with Gasteiger partial charge in [-0.2, -0.15) is 0 Å². The Bertz CT molecular complexity index is 306. The molecule has 1 aliphatic rings. The quantitative estimate of drug-likeness (QED) is 0.800. The fraction of sp³-hybridized carbons (Fsp3) is 0.692. The molecule has 1 saturated carbocycles. The Hall–Kier alpha value is -0.340. The molecule has 2 rings (SSSR count). The first-order valence-corrected chi connectivity index (χ1v) is 6.84. The minimum atomic E-state index is 0.641. The van der Waals surface area contributed by atoms with Gasteiger partial charge in [0.25, 0.3) is 0 Å². The van der Waals surface area contributed by atoms with Gasteiger partial charge < -0.3 is 5.32 Å². The van der Waals surface area contributed by atoms with E-state index in [2.05, 4.69) is 32.2 Å². The van der Waals surface area contributed by atoms with Crippen LogP contribution in [0.1, 0.15) is 47.5 Å². The molecule has 1 aromatic rings. The van der Waals surface area contributed by atoms with Gasteiger partial charge in [0, 0.05) is 15.8 Å².